The molecule has 6 nitrogen and oxygen atoms in total. The molecule has 28 heavy (non-hydrogen) atoms. The molecule has 3 aromatic rings. The van der Waals surface area contributed by atoms with Crippen LogP contribution in [0.15, 0.2) is 66.9 Å². The molecule has 0 radical (unpaired) electrons. The number of amides is 1. The maximum atomic E-state index is 12.5. The van der Waals surface area contributed by atoms with Crippen molar-refractivity contribution < 1.29 is 14.3 Å². The molecule has 1 aromatic heterocycles. The number of ether oxygens (including phenoxy) is 2. The zero-order valence-electron chi connectivity index (χ0n) is 16.1. The van der Waals surface area contributed by atoms with Gasteiger partial charge in [-0.15, -0.1) is 0 Å². The van der Waals surface area contributed by atoms with Gasteiger partial charge in [0.1, 0.15) is 5.69 Å². The average molecular weight is 377 g/mol. The molecule has 3 rings (SSSR count). The van der Waals surface area contributed by atoms with E-state index in [0.29, 0.717) is 22.9 Å². The van der Waals surface area contributed by atoms with Crippen LogP contribution >= 0.6 is 0 Å². The lowest BCUT2D eigenvalue weighted by atomic mass is 10.1. The molecule has 1 unspecified atom stereocenters. The van der Waals surface area contributed by atoms with Gasteiger partial charge in [0.25, 0.3) is 5.91 Å². The molecule has 144 valence electrons. The molecule has 6 heteroatoms. The van der Waals surface area contributed by atoms with Crippen molar-refractivity contribution in [3.63, 3.8) is 0 Å². The van der Waals surface area contributed by atoms with Gasteiger partial charge in [-0.25, -0.2) is 4.98 Å². The quantitative estimate of drug-likeness (QED) is 0.633. The van der Waals surface area contributed by atoms with Crippen LogP contribution in [-0.4, -0.2) is 25.1 Å². The van der Waals surface area contributed by atoms with Crippen molar-refractivity contribution >= 4 is 17.3 Å². The van der Waals surface area contributed by atoms with Crippen molar-refractivity contribution in [3.05, 3.63) is 78.1 Å². The first kappa shape index (κ1) is 19.2. The van der Waals surface area contributed by atoms with Crippen LogP contribution in [0.25, 0.3) is 0 Å². The van der Waals surface area contributed by atoms with Crippen LogP contribution in [0.3, 0.4) is 0 Å². The summed E-state index contributed by atoms with van der Waals surface area (Å²) in [6, 6.07) is 19.0. The Morgan fingerprint density at radius 1 is 0.929 bits per heavy atom. The lowest BCUT2D eigenvalue weighted by Gasteiger charge is -2.15. The fraction of sp³-hybridized carbons (Fsp3) is 0.182. The molecule has 0 bridgehead atoms. The van der Waals surface area contributed by atoms with Gasteiger partial charge in [0.15, 0.2) is 11.5 Å². The van der Waals surface area contributed by atoms with Crippen molar-refractivity contribution in [3.8, 4) is 11.5 Å². The molecule has 0 saturated heterocycles. The topological polar surface area (TPSA) is 72.5 Å². The number of anilines is 2. The molecule has 0 aliphatic heterocycles. The molecule has 0 saturated carbocycles. The minimum absolute atomic E-state index is 0.134. The van der Waals surface area contributed by atoms with Gasteiger partial charge in [-0.2, -0.15) is 0 Å². The van der Waals surface area contributed by atoms with Gasteiger partial charge < -0.3 is 20.1 Å². The van der Waals surface area contributed by atoms with Gasteiger partial charge in [0.2, 0.25) is 0 Å². The van der Waals surface area contributed by atoms with Crippen LogP contribution in [0.2, 0.25) is 0 Å². The SMILES string of the molecule is COc1ccc(NC(=O)c2ccc(NC(C)c3ccccc3)cn2)cc1OC. The molecule has 2 N–H and O–H groups in total. The molecule has 0 spiro atoms. The molecule has 1 amide bonds. The van der Waals surface area contributed by atoms with Crippen LogP contribution < -0.4 is 20.1 Å². The zero-order chi connectivity index (χ0) is 19.9. The van der Waals surface area contributed by atoms with E-state index in [0.717, 1.165) is 5.69 Å². The number of benzene rings is 2. The Kier molecular flexibility index (Phi) is 6.11. The maximum Gasteiger partial charge on any atom is 0.274 e. The fourth-order valence-electron chi connectivity index (χ4n) is 2.80. The highest BCUT2D eigenvalue weighted by Crippen LogP contribution is 2.29. The van der Waals surface area contributed by atoms with Gasteiger partial charge in [-0.05, 0) is 36.8 Å². The van der Waals surface area contributed by atoms with E-state index < -0.39 is 0 Å². The standard InChI is InChI=1S/C22H23N3O3/c1-15(16-7-5-4-6-8-16)24-18-9-11-19(23-14-18)22(26)25-17-10-12-20(27-2)21(13-17)28-3/h4-15,24H,1-3H3,(H,25,26). The first-order valence-corrected chi connectivity index (χ1v) is 8.91. The van der Waals surface area contributed by atoms with E-state index in [1.807, 2.05) is 24.3 Å². The number of carbonyl (C=O) groups is 1. The number of methoxy groups -OCH3 is 2. The normalized spacial score (nSPS) is 11.4. The molecular weight excluding hydrogens is 354 g/mol. The number of hydrogen-bond acceptors (Lipinski definition) is 5. The summed E-state index contributed by atoms with van der Waals surface area (Å²) in [5.74, 6) is 0.846. The van der Waals surface area contributed by atoms with E-state index in [9.17, 15) is 4.79 Å². The molecule has 1 atom stereocenters. The lowest BCUT2D eigenvalue weighted by Crippen LogP contribution is -2.14. The van der Waals surface area contributed by atoms with Crippen molar-refractivity contribution in [1.29, 1.82) is 0 Å². The van der Waals surface area contributed by atoms with E-state index in [4.69, 9.17) is 9.47 Å². The Morgan fingerprint density at radius 3 is 2.29 bits per heavy atom. The second-order valence-electron chi connectivity index (χ2n) is 6.23. The first-order chi connectivity index (χ1) is 13.6. The largest absolute Gasteiger partial charge is 0.493 e. The van der Waals surface area contributed by atoms with E-state index in [1.54, 1.807) is 44.7 Å². The van der Waals surface area contributed by atoms with E-state index >= 15 is 0 Å². The summed E-state index contributed by atoms with van der Waals surface area (Å²) in [5, 5.41) is 6.19. The van der Waals surface area contributed by atoms with E-state index in [-0.39, 0.29) is 11.9 Å². The number of carbonyl (C=O) groups excluding carboxylic acids is 1. The third-order valence-electron chi connectivity index (χ3n) is 4.32. The predicted octanol–water partition coefficient (Wildman–Crippen LogP) is 4.52. The van der Waals surface area contributed by atoms with Gasteiger partial charge in [-0.1, -0.05) is 30.3 Å². The van der Waals surface area contributed by atoms with Crippen LogP contribution in [0.1, 0.15) is 29.0 Å². The number of hydrogen-bond donors (Lipinski definition) is 2. The van der Waals surface area contributed by atoms with Gasteiger partial charge >= 0.3 is 0 Å². The zero-order valence-corrected chi connectivity index (χ0v) is 16.1. The molecular formula is C22H23N3O3. The third kappa shape index (κ3) is 4.59. The highest BCUT2D eigenvalue weighted by atomic mass is 16.5. The summed E-state index contributed by atoms with van der Waals surface area (Å²) < 4.78 is 10.5. The molecule has 1 heterocycles. The average Bonchev–Trinajstić information content (AvgIpc) is 2.74. The second-order valence-corrected chi connectivity index (χ2v) is 6.23. The van der Waals surface area contributed by atoms with Gasteiger partial charge in [-0.3, -0.25) is 4.79 Å². The Balaban J connectivity index is 1.65. The van der Waals surface area contributed by atoms with Crippen LogP contribution in [0, 0.1) is 0 Å². The number of aromatic nitrogens is 1. The second kappa shape index (κ2) is 8.90. The van der Waals surface area contributed by atoms with Crippen LogP contribution in [-0.2, 0) is 0 Å². The number of nitrogens with zero attached hydrogens (tertiary/aromatic N) is 1. The summed E-state index contributed by atoms with van der Waals surface area (Å²) in [6.45, 7) is 2.08. The Hall–Kier alpha value is -3.54. The monoisotopic (exact) mass is 377 g/mol. The molecule has 0 aliphatic carbocycles. The van der Waals surface area contributed by atoms with Crippen molar-refractivity contribution in [2.45, 2.75) is 13.0 Å². The predicted molar refractivity (Wildman–Crippen MR) is 110 cm³/mol. The van der Waals surface area contributed by atoms with Crippen LogP contribution in [0.4, 0.5) is 11.4 Å². The van der Waals surface area contributed by atoms with E-state index in [1.165, 1.54) is 5.56 Å². The molecule has 2 aromatic carbocycles. The summed E-state index contributed by atoms with van der Waals surface area (Å²) in [5.41, 5.74) is 2.95. The highest BCUT2D eigenvalue weighted by molar-refractivity contribution is 6.03. The van der Waals surface area contributed by atoms with Crippen molar-refractivity contribution in [2.75, 3.05) is 24.9 Å². The van der Waals surface area contributed by atoms with E-state index in [2.05, 4.69) is 34.7 Å². The minimum atomic E-state index is -0.296. The molecule has 0 fully saturated rings. The Labute approximate surface area is 164 Å². The number of rotatable bonds is 7. The van der Waals surface area contributed by atoms with Crippen LogP contribution in [0.5, 0.6) is 11.5 Å². The highest BCUT2D eigenvalue weighted by Gasteiger charge is 2.11. The smallest absolute Gasteiger partial charge is 0.274 e. The lowest BCUT2D eigenvalue weighted by molar-refractivity contribution is 0.102. The fourth-order valence-corrected chi connectivity index (χ4v) is 2.80. The third-order valence-corrected chi connectivity index (χ3v) is 4.32. The summed E-state index contributed by atoms with van der Waals surface area (Å²) >= 11 is 0. The van der Waals surface area contributed by atoms with Crippen molar-refractivity contribution in [2.24, 2.45) is 0 Å². The number of nitrogens with one attached hydrogen (secondary N) is 2. The summed E-state index contributed by atoms with van der Waals surface area (Å²) in [6.07, 6.45) is 1.66. The minimum Gasteiger partial charge on any atom is -0.493 e. The Morgan fingerprint density at radius 2 is 1.64 bits per heavy atom. The molecule has 0 aliphatic rings. The number of pyridine rings is 1. The summed E-state index contributed by atoms with van der Waals surface area (Å²) in [7, 11) is 3.11. The van der Waals surface area contributed by atoms with Crippen molar-refractivity contribution in [1.82, 2.24) is 4.98 Å². The van der Waals surface area contributed by atoms with Gasteiger partial charge in [0, 0.05) is 17.8 Å². The Bertz CT molecular complexity index is 928. The summed E-state index contributed by atoms with van der Waals surface area (Å²) in [4.78, 5) is 16.7. The maximum absolute atomic E-state index is 12.5. The first-order valence-electron chi connectivity index (χ1n) is 8.91. The van der Waals surface area contributed by atoms with Gasteiger partial charge in [0.05, 0.1) is 26.1 Å².